The average molecular weight is 328 g/mol. The Morgan fingerprint density at radius 3 is 2.59 bits per heavy atom. The van der Waals surface area contributed by atoms with Crippen molar-refractivity contribution in [2.75, 3.05) is 46.6 Å². The molecule has 0 aliphatic carbocycles. The molecule has 0 N–H and O–H groups in total. The third kappa shape index (κ3) is 4.34. The Hall–Kier alpha value is -1.31. The number of benzene rings is 1. The molecule has 0 aromatic heterocycles. The summed E-state index contributed by atoms with van der Waals surface area (Å²) in [4.78, 5) is 2.13. The lowest BCUT2D eigenvalue weighted by Crippen LogP contribution is -2.34. The van der Waals surface area contributed by atoms with Crippen molar-refractivity contribution >= 4 is 10.0 Å². The van der Waals surface area contributed by atoms with Crippen LogP contribution in [-0.2, 0) is 10.0 Å². The molecule has 1 fully saturated rings. The van der Waals surface area contributed by atoms with Crippen molar-refractivity contribution in [2.24, 2.45) is 0 Å². The summed E-state index contributed by atoms with van der Waals surface area (Å²) < 4.78 is 36.1. The van der Waals surface area contributed by atoms with E-state index in [1.54, 1.807) is 21.2 Å². The predicted molar refractivity (Wildman–Crippen MR) is 85.9 cm³/mol. The molecule has 0 radical (unpaired) electrons. The van der Waals surface area contributed by atoms with Gasteiger partial charge in [0.2, 0.25) is 10.0 Å². The summed E-state index contributed by atoms with van der Waals surface area (Å²) in [6.45, 7) is 2.12. The third-order valence-electron chi connectivity index (χ3n) is 3.81. The van der Waals surface area contributed by atoms with Gasteiger partial charge in [-0.25, -0.2) is 12.7 Å². The maximum absolute atomic E-state index is 11.8. The van der Waals surface area contributed by atoms with Gasteiger partial charge in [0, 0.05) is 33.7 Å². The molecule has 22 heavy (non-hydrogen) atoms. The van der Waals surface area contributed by atoms with Crippen LogP contribution in [0.15, 0.2) is 24.3 Å². The zero-order valence-electron chi connectivity index (χ0n) is 13.4. The number of likely N-dealkylation sites (tertiary alicyclic amines) is 1. The van der Waals surface area contributed by atoms with Gasteiger partial charge in [-0.15, -0.1) is 0 Å². The van der Waals surface area contributed by atoms with Gasteiger partial charge in [-0.2, -0.15) is 0 Å². The third-order valence-corrected chi connectivity index (χ3v) is 5.62. The Morgan fingerprint density at radius 1 is 1.27 bits per heavy atom. The molecule has 1 saturated heterocycles. The number of hydrogen-bond donors (Lipinski definition) is 0. The van der Waals surface area contributed by atoms with Crippen molar-refractivity contribution < 1.29 is 17.9 Å². The molecule has 0 amide bonds. The van der Waals surface area contributed by atoms with Crippen LogP contribution in [0.1, 0.15) is 6.42 Å². The standard InChI is InChI=1S/C15H24N2O4S/c1-16(2)22(18,19)11-10-17-9-8-13(12-17)21-15-7-5-4-6-14(15)20-3/h4-7,13H,8-12H2,1-3H3. The minimum absolute atomic E-state index is 0.0679. The van der Waals surface area contributed by atoms with Crippen LogP contribution in [0.5, 0.6) is 11.5 Å². The van der Waals surface area contributed by atoms with E-state index in [4.69, 9.17) is 9.47 Å². The van der Waals surface area contributed by atoms with Crippen LogP contribution in [0.3, 0.4) is 0 Å². The first-order chi connectivity index (χ1) is 10.4. The SMILES string of the molecule is COc1ccccc1OC1CCN(CCS(=O)(=O)N(C)C)C1. The smallest absolute Gasteiger partial charge is 0.214 e. The van der Waals surface area contributed by atoms with Gasteiger partial charge in [-0.3, -0.25) is 4.90 Å². The van der Waals surface area contributed by atoms with Crippen LogP contribution in [-0.4, -0.2) is 70.3 Å². The molecular weight excluding hydrogens is 304 g/mol. The van der Waals surface area contributed by atoms with E-state index in [1.165, 1.54) is 4.31 Å². The van der Waals surface area contributed by atoms with Gasteiger partial charge in [0.05, 0.1) is 12.9 Å². The summed E-state index contributed by atoms with van der Waals surface area (Å²) in [6.07, 6.45) is 0.957. The summed E-state index contributed by atoms with van der Waals surface area (Å²) in [7, 11) is 1.60. The monoisotopic (exact) mass is 328 g/mol. The van der Waals surface area contributed by atoms with Crippen LogP contribution < -0.4 is 9.47 Å². The highest BCUT2D eigenvalue weighted by atomic mass is 32.2. The molecule has 1 atom stereocenters. The van der Waals surface area contributed by atoms with Gasteiger partial charge in [-0.05, 0) is 18.6 Å². The highest BCUT2D eigenvalue weighted by Gasteiger charge is 2.26. The second-order valence-corrected chi connectivity index (χ2v) is 7.88. The number of rotatable bonds is 7. The van der Waals surface area contributed by atoms with E-state index in [-0.39, 0.29) is 11.9 Å². The lowest BCUT2D eigenvalue weighted by molar-refractivity contribution is 0.194. The van der Waals surface area contributed by atoms with Crippen molar-refractivity contribution in [3.63, 3.8) is 0 Å². The first-order valence-electron chi connectivity index (χ1n) is 7.34. The van der Waals surface area contributed by atoms with Gasteiger partial charge >= 0.3 is 0 Å². The van der Waals surface area contributed by atoms with E-state index in [0.717, 1.165) is 31.0 Å². The Bertz CT molecular complexity index is 589. The Balaban J connectivity index is 1.85. The molecular formula is C15H24N2O4S. The summed E-state index contributed by atoms with van der Waals surface area (Å²) in [5.74, 6) is 1.59. The number of ether oxygens (including phenoxy) is 2. The highest BCUT2D eigenvalue weighted by Crippen LogP contribution is 2.28. The minimum Gasteiger partial charge on any atom is -0.493 e. The zero-order chi connectivity index (χ0) is 16.2. The molecule has 1 aromatic carbocycles. The lowest BCUT2D eigenvalue weighted by atomic mass is 10.3. The number of methoxy groups -OCH3 is 1. The van der Waals surface area contributed by atoms with Gasteiger partial charge in [0.25, 0.3) is 0 Å². The number of nitrogens with zero attached hydrogens (tertiary/aromatic N) is 2. The van der Waals surface area contributed by atoms with Crippen LogP contribution in [0.2, 0.25) is 0 Å². The summed E-state index contributed by atoms with van der Waals surface area (Å²) >= 11 is 0. The lowest BCUT2D eigenvalue weighted by Gasteiger charge is -2.19. The minimum atomic E-state index is -3.14. The largest absolute Gasteiger partial charge is 0.493 e. The van der Waals surface area contributed by atoms with Crippen molar-refractivity contribution in [3.8, 4) is 11.5 Å². The Kier molecular flexibility index (Phi) is 5.66. The Labute approximate surface area is 132 Å². The molecule has 1 unspecified atom stereocenters. The summed E-state index contributed by atoms with van der Waals surface area (Å²) in [5, 5.41) is 0. The van der Waals surface area contributed by atoms with Crippen LogP contribution in [0.4, 0.5) is 0 Å². The molecule has 1 heterocycles. The van der Waals surface area contributed by atoms with Gasteiger partial charge in [0.15, 0.2) is 11.5 Å². The van der Waals surface area contributed by atoms with E-state index in [1.807, 2.05) is 24.3 Å². The second-order valence-electron chi connectivity index (χ2n) is 5.58. The average Bonchev–Trinajstić information content (AvgIpc) is 2.93. The first kappa shape index (κ1) is 17.1. The Morgan fingerprint density at radius 2 is 1.95 bits per heavy atom. The van der Waals surface area contributed by atoms with Crippen molar-refractivity contribution in [3.05, 3.63) is 24.3 Å². The van der Waals surface area contributed by atoms with Crippen LogP contribution >= 0.6 is 0 Å². The number of hydrogen-bond acceptors (Lipinski definition) is 5. The van der Waals surface area contributed by atoms with E-state index >= 15 is 0 Å². The molecule has 0 bridgehead atoms. The highest BCUT2D eigenvalue weighted by molar-refractivity contribution is 7.89. The summed E-state index contributed by atoms with van der Waals surface area (Å²) in [5.41, 5.74) is 0. The maximum Gasteiger partial charge on any atom is 0.214 e. The van der Waals surface area contributed by atoms with E-state index in [9.17, 15) is 8.42 Å². The molecule has 1 aromatic rings. The topological polar surface area (TPSA) is 59.1 Å². The summed E-state index contributed by atoms with van der Waals surface area (Å²) in [6, 6.07) is 7.57. The van der Waals surface area contributed by atoms with Crippen molar-refractivity contribution in [1.29, 1.82) is 0 Å². The fraction of sp³-hybridized carbons (Fsp3) is 0.600. The predicted octanol–water partition coefficient (Wildman–Crippen LogP) is 1.04. The fourth-order valence-corrected chi connectivity index (χ4v) is 3.27. The van der Waals surface area contributed by atoms with E-state index in [0.29, 0.717) is 6.54 Å². The first-order valence-corrected chi connectivity index (χ1v) is 8.95. The quantitative estimate of drug-likeness (QED) is 0.748. The zero-order valence-corrected chi connectivity index (χ0v) is 14.2. The van der Waals surface area contributed by atoms with E-state index in [2.05, 4.69) is 4.90 Å². The molecule has 7 heteroatoms. The van der Waals surface area contributed by atoms with Crippen LogP contribution in [0, 0.1) is 0 Å². The van der Waals surface area contributed by atoms with Gasteiger partial charge < -0.3 is 9.47 Å². The molecule has 1 aliphatic heterocycles. The fourth-order valence-electron chi connectivity index (χ4n) is 2.42. The van der Waals surface area contributed by atoms with Crippen molar-refractivity contribution in [2.45, 2.75) is 12.5 Å². The van der Waals surface area contributed by atoms with Gasteiger partial charge in [0.1, 0.15) is 6.10 Å². The maximum atomic E-state index is 11.8. The molecule has 2 rings (SSSR count). The molecule has 124 valence electrons. The van der Waals surface area contributed by atoms with E-state index < -0.39 is 10.0 Å². The molecule has 1 aliphatic rings. The normalized spacial score (nSPS) is 19.5. The second kappa shape index (κ2) is 7.30. The van der Waals surface area contributed by atoms with Crippen LogP contribution in [0.25, 0.3) is 0 Å². The van der Waals surface area contributed by atoms with Gasteiger partial charge in [-0.1, -0.05) is 12.1 Å². The molecule has 0 spiro atoms. The molecule has 0 saturated carbocycles. The number of para-hydroxylation sites is 2. The molecule has 6 nitrogen and oxygen atoms in total. The van der Waals surface area contributed by atoms with Crippen molar-refractivity contribution in [1.82, 2.24) is 9.21 Å². The number of sulfonamides is 1.